The fourth-order valence-corrected chi connectivity index (χ4v) is 5.84. The van der Waals surface area contributed by atoms with E-state index in [1.54, 1.807) is 0 Å². The van der Waals surface area contributed by atoms with E-state index in [0.717, 1.165) is 51.6 Å². The van der Waals surface area contributed by atoms with Crippen molar-refractivity contribution < 1.29 is 28.4 Å². The maximum Gasteiger partial charge on any atom is 0.190 e. The molecule has 5 atom stereocenters. The third-order valence-corrected chi connectivity index (χ3v) is 7.42. The van der Waals surface area contributed by atoms with Gasteiger partial charge in [0.1, 0.15) is 24.4 Å². The Hall–Kier alpha value is -0.240. The third kappa shape index (κ3) is 4.13. The second-order valence-electron chi connectivity index (χ2n) is 9.62. The van der Waals surface area contributed by atoms with Crippen LogP contribution < -0.4 is 0 Å². The Bertz CT molecular complexity index is 541. The first kappa shape index (κ1) is 20.7. The molecule has 0 unspecified atom stereocenters. The van der Waals surface area contributed by atoms with Crippen molar-refractivity contribution in [2.45, 2.75) is 133 Å². The number of unbranched alkanes of at least 4 members (excludes halogenated alkanes) is 2. The zero-order chi connectivity index (χ0) is 19.7. The minimum atomic E-state index is -0.457. The largest absolute Gasteiger partial charge is 0.372 e. The van der Waals surface area contributed by atoms with Crippen molar-refractivity contribution in [3.63, 3.8) is 0 Å². The van der Waals surface area contributed by atoms with Crippen LogP contribution >= 0.6 is 0 Å². The molecule has 3 saturated heterocycles. The molecule has 5 aliphatic rings. The molecular weight excluding hydrogens is 372 g/mol. The summed E-state index contributed by atoms with van der Waals surface area (Å²) in [5, 5.41) is 0. The lowest BCUT2D eigenvalue weighted by atomic mass is 9.94. The van der Waals surface area contributed by atoms with Crippen molar-refractivity contribution in [1.82, 2.24) is 0 Å². The average molecular weight is 411 g/mol. The van der Waals surface area contributed by atoms with Gasteiger partial charge < -0.3 is 28.4 Å². The fraction of sp³-hybridized carbons (Fsp3) is 1.00. The maximum absolute atomic E-state index is 6.54. The summed E-state index contributed by atoms with van der Waals surface area (Å²) in [6.07, 6.45) is 13.6. The molecule has 0 amide bonds. The van der Waals surface area contributed by atoms with Crippen molar-refractivity contribution >= 4 is 0 Å². The molecule has 2 saturated carbocycles. The number of fused-ring (bicyclic) bond motifs is 1. The number of rotatable bonds is 6. The van der Waals surface area contributed by atoms with Crippen LogP contribution in [0.1, 0.15) is 90.4 Å². The standard InChI is InChI=1S/C23H38O6/c1-2-3-10-15-24-19-18(17-16-25-22(27-17)11-6-4-7-12-22)26-21-20(19)28-23(29-21)13-8-5-9-14-23/h17-21H,2-16H2,1H3/t17-,18-,19+,20-,21-/m0/s1. The zero-order valence-electron chi connectivity index (χ0n) is 17.9. The molecule has 0 radical (unpaired) electrons. The van der Waals surface area contributed by atoms with E-state index in [9.17, 15) is 0 Å². The van der Waals surface area contributed by atoms with Crippen LogP contribution in [0.4, 0.5) is 0 Å². The van der Waals surface area contributed by atoms with Crippen molar-refractivity contribution in [2.75, 3.05) is 13.2 Å². The van der Waals surface area contributed by atoms with Crippen LogP contribution in [0.15, 0.2) is 0 Å². The first-order valence-electron chi connectivity index (χ1n) is 12.2. The number of hydrogen-bond donors (Lipinski definition) is 0. The summed E-state index contributed by atoms with van der Waals surface area (Å²) < 4.78 is 38.4. The second kappa shape index (κ2) is 8.71. The molecule has 166 valence electrons. The smallest absolute Gasteiger partial charge is 0.190 e. The predicted octanol–water partition coefficient (Wildman–Crippen LogP) is 4.44. The van der Waals surface area contributed by atoms with Gasteiger partial charge in [-0.15, -0.1) is 0 Å². The number of hydrogen-bond acceptors (Lipinski definition) is 6. The molecule has 29 heavy (non-hydrogen) atoms. The van der Waals surface area contributed by atoms with Gasteiger partial charge in [0.2, 0.25) is 0 Å². The van der Waals surface area contributed by atoms with Crippen molar-refractivity contribution in [1.29, 1.82) is 0 Å². The Morgan fingerprint density at radius 2 is 1.52 bits per heavy atom. The molecule has 0 N–H and O–H groups in total. The van der Waals surface area contributed by atoms with Crippen LogP contribution in [0.25, 0.3) is 0 Å². The SMILES string of the molecule is CCCCCO[C@H]1[C@@H]2OC3(CCCCC3)O[C@@H]2O[C@H]1[C@@H]1COC2(CCCCC2)O1. The summed E-state index contributed by atoms with van der Waals surface area (Å²) >= 11 is 0. The molecule has 0 aromatic carbocycles. The molecule has 2 aliphatic carbocycles. The van der Waals surface area contributed by atoms with E-state index in [4.69, 9.17) is 28.4 Å². The molecule has 0 bridgehead atoms. The Labute approximate surface area is 174 Å². The van der Waals surface area contributed by atoms with Crippen molar-refractivity contribution in [2.24, 2.45) is 0 Å². The molecular formula is C23H38O6. The van der Waals surface area contributed by atoms with Gasteiger partial charge in [0.25, 0.3) is 0 Å². The summed E-state index contributed by atoms with van der Waals surface area (Å²) in [5.41, 5.74) is 0. The Morgan fingerprint density at radius 1 is 0.793 bits per heavy atom. The normalized spacial score (nSPS) is 40.7. The van der Waals surface area contributed by atoms with Gasteiger partial charge in [-0.05, 0) is 32.1 Å². The minimum absolute atomic E-state index is 0.107. The molecule has 0 aromatic heterocycles. The van der Waals surface area contributed by atoms with E-state index < -0.39 is 11.6 Å². The van der Waals surface area contributed by atoms with E-state index in [1.807, 2.05) is 0 Å². The highest BCUT2D eigenvalue weighted by Crippen LogP contribution is 2.48. The van der Waals surface area contributed by atoms with Gasteiger partial charge in [0.05, 0.1) is 6.61 Å². The topological polar surface area (TPSA) is 55.4 Å². The number of ether oxygens (including phenoxy) is 6. The van der Waals surface area contributed by atoms with Gasteiger partial charge in [0, 0.05) is 32.3 Å². The van der Waals surface area contributed by atoms with Crippen molar-refractivity contribution in [3.8, 4) is 0 Å². The lowest BCUT2D eigenvalue weighted by molar-refractivity contribution is -0.262. The van der Waals surface area contributed by atoms with Crippen LogP contribution in [-0.2, 0) is 28.4 Å². The molecule has 6 heteroatoms. The molecule has 5 fully saturated rings. The highest BCUT2D eigenvalue weighted by molar-refractivity contribution is 5.01. The summed E-state index contributed by atoms with van der Waals surface area (Å²) in [5.74, 6) is -0.857. The predicted molar refractivity (Wildman–Crippen MR) is 106 cm³/mol. The Balaban J connectivity index is 1.27. The summed E-state index contributed by atoms with van der Waals surface area (Å²) in [6.45, 7) is 3.52. The van der Waals surface area contributed by atoms with Crippen LogP contribution in [0, 0.1) is 0 Å². The van der Waals surface area contributed by atoms with Crippen LogP contribution in [0.5, 0.6) is 0 Å². The second-order valence-corrected chi connectivity index (χ2v) is 9.62. The van der Waals surface area contributed by atoms with Crippen LogP contribution in [0.3, 0.4) is 0 Å². The Kier molecular flexibility index (Phi) is 6.21. The molecule has 2 spiro atoms. The lowest BCUT2D eigenvalue weighted by Crippen LogP contribution is -2.46. The third-order valence-electron chi connectivity index (χ3n) is 7.42. The van der Waals surface area contributed by atoms with Crippen LogP contribution in [-0.4, -0.2) is 55.5 Å². The van der Waals surface area contributed by atoms with Gasteiger partial charge in [-0.1, -0.05) is 32.6 Å². The average Bonchev–Trinajstić information content (AvgIpc) is 3.39. The van der Waals surface area contributed by atoms with E-state index in [-0.39, 0.29) is 30.7 Å². The molecule has 3 aliphatic heterocycles. The highest BCUT2D eigenvalue weighted by atomic mass is 16.9. The summed E-state index contributed by atoms with van der Waals surface area (Å²) in [6, 6.07) is 0. The zero-order valence-corrected chi connectivity index (χ0v) is 17.9. The van der Waals surface area contributed by atoms with E-state index in [0.29, 0.717) is 6.61 Å². The minimum Gasteiger partial charge on any atom is -0.372 e. The molecule has 5 rings (SSSR count). The first-order valence-corrected chi connectivity index (χ1v) is 12.2. The lowest BCUT2D eigenvalue weighted by Gasteiger charge is -2.35. The maximum atomic E-state index is 6.54. The summed E-state index contributed by atoms with van der Waals surface area (Å²) in [4.78, 5) is 0. The highest BCUT2D eigenvalue weighted by Gasteiger charge is 2.61. The molecule has 6 nitrogen and oxygen atoms in total. The van der Waals surface area contributed by atoms with Gasteiger partial charge in [-0.25, -0.2) is 0 Å². The molecule has 0 aromatic rings. The van der Waals surface area contributed by atoms with Gasteiger partial charge in [-0.2, -0.15) is 0 Å². The van der Waals surface area contributed by atoms with Gasteiger partial charge >= 0.3 is 0 Å². The fourth-order valence-electron chi connectivity index (χ4n) is 5.84. The van der Waals surface area contributed by atoms with Crippen molar-refractivity contribution in [3.05, 3.63) is 0 Å². The van der Waals surface area contributed by atoms with Gasteiger partial charge in [-0.3, -0.25) is 0 Å². The first-order chi connectivity index (χ1) is 14.2. The monoisotopic (exact) mass is 410 g/mol. The molecule has 3 heterocycles. The quantitative estimate of drug-likeness (QED) is 0.604. The summed E-state index contributed by atoms with van der Waals surface area (Å²) in [7, 11) is 0. The Morgan fingerprint density at radius 3 is 2.24 bits per heavy atom. The van der Waals surface area contributed by atoms with Gasteiger partial charge in [0.15, 0.2) is 17.9 Å². The van der Waals surface area contributed by atoms with E-state index in [1.165, 1.54) is 38.5 Å². The van der Waals surface area contributed by atoms with E-state index in [2.05, 4.69) is 6.92 Å². The van der Waals surface area contributed by atoms with E-state index >= 15 is 0 Å². The van der Waals surface area contributed by atoms with Crippen LogP contribution in [0.2, 0.25) is 0 Å².